The summed E-state index contributed by atoms with van der Waals surface area (Å²) in [4.78, 5) is 16.6. The lowest BCUT2D eigenvalue weighted by Gasteiger charge is -2.11. The molecule has 1 N–H and O–H groups in total. The molecule has 3 rings (SSSR count). The number of amides is 1. The van der Waals surface area contributed by atoms with Gasteiger partial charge < -0.3 is 5.32 Å². The number of aromatic nitrogens is 1. The maximum Gasteiger partial charge on any atom is 0.416 e. The van der Waals surface area contributed by atoms with Gasteiger partial charge in [0.25, 0.3) is 5.91 Å². The second kappa shape index (κ2) is 7.40. The zero-order valence-corrected chi connectivity index (χ0v) is 14.9. The van der Waals surface area contributed by atoms with E-state index in [1.54, 1.807) is 42.5 Å². The molecular formula is C20H14ClF3N2O. The van der Waals surface area contributed by atoms with Gasteiger partial charge in [-0.15, -0.1) is 0 Å². The first-order chi connectivity index (χ1) is 12.7. The van der Waals surface area contributed by atoms with Gasteiger partial charge in [-0.2, -0.15) is 13.2 Å². The van der Waals surface area contributed by atoms with Crippen LogP contribution in [0.4, 0.5) is 18.9 Å². The Balaban J connectivity index is 1.90. The standard InChI is InChI=1S/C20H14ClF3N2O/c1-12-9-15(20(22,23)24)11-18(25-12)13-3-2-4-14(10-13)19(27)26-17-7-5-16(21)6-8-17/h2-11H,1H3,(H,26,27). The molecule has 0 saturated heterocycles. The summed E-state index contributed by atoms with van der Waals surface area (Å²) in [6, 6.07) is 14.9. The molecule has 27 heavy (non-hydrogen) atoms. The molecule has 2 aromatic carbocycles. The van der Waals surface area contributed by atoms with Gasteiger partial charge in [0.15, 0.2) is 0 Å². The number of benzene rings is 2. The van der Waals surface area contributed by atoms with Gasteiger partial charge in [-0.05, 0) is 55.5 Å². The van der Waals surface area contributed by atoms with E-state index in [0.29, 0.717) is 21.8 Å². The second-order valence-corrected chi connectivity index (χ2v) is 6.36. The Morgan fingerprint density at radius 1 is 1.04 bits per heavy atom. The monoisotopic (exact) mass is 390 g/mol. The summed E-state index contributed by atoms with van der Waals surface area (Å²) in [7, 11) is 0. The van der Waals surface area contributed by atoms with Gasteiger partial charge in [-0.3, -0.25) is 9.78 Å². The molecule has 3 aromatic rings. The second-order valence-electron chi connectivity index (χ2n) is 5.92. The van der Waals surface area contributed by atoms with Crippen LogP contribution in [0.2, 0.25) is 5.02 Å². The maximum absolute atomic E-state index is 13.0. The lowest BCUT2D eigenvalue weighted by Crippen LogP contribution is -2.12. The molecule has 1 aromatic heterocycles. The molecule has 7 heteroatoms. The number of nitrogens with zero attached hydrogens (tertiary/aromatic N) is 1. The van der Waals surface area contributed by atoms with Gasteiger partial charge in [-0.25, -0.2) is 0 Å². The number of hydrogen-bond acceptors (Lipinski definition) is 2. The van der Waals surface area contributed by atoms with E-state index >= 15 is 0 Å². The first-order valence-electron chi connectivity index (χ1n) is 7.95. The molecule has 0 fully saturated rings. The fourth-order valence-corrected chi connectivity index (χ4v) is 2.66. The van der Waals surface area contributed by atoms with Crippen LogP contribution in [-0.4, -0.2) is 10.9 Å². The van der Waals surface area contributed by atoms with Crippen molar-refractivity contribution in [2.75, 3.05) is 5.32 Å². The van der Waals surface area contributed by atoms with Gasteiger partial charge in [0.1, 0.15) is 0 Å². The van der Waals surface area contributed by atoms with E-state index in [2.05, 4.69) is 10.3 Å². The van der Waals surface area contributed by atoms with Crippen molar-refractivity contribution in [3.8, 4) is 11.3 Å². The van der Waals surface area contributed by atoms with Crippen LogP contribution >= 0.6 is 11.6 Å². The molecule has 0 atom stereocenters. The number of halogens is 4. The number of nitrogens with one attached hydrogen (secondary N) is 1. The van der Waals surface area contributed by atoms with Crippen LogP contribution in [0, 0.1) is 6.92 Å². The Hall–Kier alpha value is -2.86. The lowest BCUT2D eigenvalue weighted by molar-refractivity contribution is -0.137. The SMILES string of the molecule is Cc1cc(C(F)(F)F)cc(-c2cccc(C(=O)Nc3ccc(Cl)cc3)c2)n1. The van der Waals surface area contributed by atoms with Gasteiger partial charge in [0.2, 0.25) is 0 Å². The number of alkyl halides is 3. The molecule has 0 aliphatic rings. The fourth-order valence-electron chi connectivity index (χ4n) is 2.54. The van der Waals surface area contributed by atoms with Crippen LogP contribution < -0.4 is 5.32 Å². The normalized spacial score (nSPS) is 11.3. The van der Waals surface area contributed by atoms with E-state index in [1.165, 1.54) is 13.0 Å². The summed E-state index contributed by atoms with van der Waals surface area (Å²) in [6.07, 6.45) is -4.47. The Morgan fingerprint density at radius 2 is 1.74 bits per heavy atom. The van der Waals surface area contributed by atoms with E-state index in [1.807, 2.05) is 0 Å². The minimum Gasteiger partial charge on any atom is -0.322 e. The Kier molecular flexibility index (Phi) is 5.19. The molecule has 0 aliphatic carbocycles. The van der Waals surface area contributed by atoms with E-state index in [-0.39, 0.29) is 17.3 Å². The fraction of sp³-hybridized carbons (Fsp3) is 0.100. The average molecular weight is 391 g/mol. The van der Waals surface area contributed by atoms with E-state index < -0.39 is 11.7 Å². The molecule has 1 amide bonds. The first-order valence-corrected chi connectivity index (χ1v) is 8.33. The highest BCUT2D eigenvalue weighted by Crippen LogP contribution is 2.32. The molecule has 0 bridgehead atoms. The lowest BCUT2D eigenvalue weighted by atomic mass is 10.0. The third-order valence-corrected chi connectivity index (χ3v) is 4.06. The number of rotatable bonds is 3. The minimum atomic E-state index is -4.47. The summed E-state index contributed by atoms with van der Waals surface area (Å²) in [5, 5.41) is 3.26. The van der Waals surface area contributed by atoms with Crippen LogP contribution in [-0.2, 0) is 6.18 Å². The number of hydrogen-bond donors (Lipinski definition) is 1. The average Bonchev–Trinajstić information content (AvgIpc) is 2.62. The highest BCUT2D eigenvalue weighted by atomic mass is 35.5. The highest BCUT2D eigenvalue weighted by molar-refractivity contribution is 6.30. The van der Waals surface area contributed by atoms with E-state index in [0.717, 1.165) is 12.1 Å². The largest absolute Gasteiger partial charge is 0.416 e. The molecule has 0 unspecified atom stereocenters. The summed E-state index contributed by atoms with van der Waals surface area (Å²) in [5.74, 6) is -0.386. The zero-order valence-electron chi connectivity index (χ0n) is 14.1. The summed E-state index contributed by atoms with van der Waals surface area (Å²) < 4.78 is 39.1. The number of pyridine rings is 1. The van der Waals surface area contributed by atoms with Crippen molar-refractivity contribution in [2.24, 2.45) is 0 Å². The molecule has 3 nitrogen and oxygen atoms in total. The molecule has 0 radical (unpaired) electrons. The van der Waals surface area contributed by atoms with Crippen molar-refractivity contribution in [3.05, 3.63) is 82.5 Å². The third-order valence-electron chi connectivity index (χ3n) is 3.80. The smallest absolute Gasteiger partial charge is 0.322 e. The topological polar surface area (TPSA) is 42.0 Å². The van der Waals surface area contributed by atoms with Crippen molar-refractivity contribution in [1.82, 2.24) is 4.98 Å². The molecule has 138 valence electrons. The van der Waals surface area contributed by atoms with Gasteiger partial charge >= 0.3 is 6.18 Å². The predicted octanol–water partition coefficient (Wildman–Crippen LogP) is 5.98. The van der Waals surface area contributed by atoms with Crippen molar-refractivity contribution in [3.63, 3.8) is 0 Å². The molecular weight excluding hydrogens is 377 g/mol. The zero-order chi connectivity index (χ0) is 19.6. The van der Waals surface area contributed by atoms with Crippen molar-refractivity contribution >= 4 is 23.2 Å². The van der Waals surface area contributed by atoms with Crippen LogP contribution in [0.5, 0.6) is 0 Å². The molecule has 0 spiro atoms. The maximum atomic E-state index is 13.0. The minimum absolute atomic E-state index is 0.156. The number of aryl methyl sites for hydroxylation is 1. The predicted molar refractivity (Wildman–Crippen MR) is 98.8 cm³/mol. The van der Waals surface area contributed by atoms with Crippen LogP contribution in [0.1, 0.15) is 21.6 Å². The van der Waals surface area contributed by atoms with Crippen LogP contribution in [0.15, 0.2) is 60.7 Å². The van der Waals surface area contributed by atoms with E-state index in [9.17, 15) is 18.0 Å². The van der Waals surface area contributed by atoms with Crippen molar-refractivity contribution in [1.29, 1.82) is 0 Å². The Morgan fingerprint density at radius 3 is 2.41 bits per heavy atom. The van der Waals surface area contributed by atoms with E-state index in [4.69, 9.17) is 11.6 Å². The highest BCUT2D eigenvalue weighted by Gasteiger charge is 2.31. The van der Waals surface area contributed by atoms with Gasteiger partial charge in [-0.1, -0.05) is 23.7 Å². The molecule has 0 saturated carbocycles. The summed E-state index contributed by atoms with van der Waals surface area (Å²) >= 11 is 5.81. The van der Waals surface area contributed by atoms with Crippen LogP contribution in [0.3, 0.4) is 0 Å². The van der Waals surface area contributed by atoms with Gasteiger partial charge in [0.05, 0.1) is 11.3 Å². The summed E-state index contributed by atoms with van der Waals surface area (Å²) in [6.45, 7) is 1.50. The van der Waals surface area contributed by atoms with Crippen molar-refractivity contribution in [2.45, 2.75) is 13.1 Å². The molecule has 0 aliphatic heterocycles. The van der Waals surface area contributed by atoms with Crippen LogP contribution in [0.25, 0.3) is 11.3 Å². The Labute approximate surface area is 158 Å². The molecule has 1 heterocycles. The third kappa shape index (κ3) is 4.65. The number of carbonyl (C=O) groups is 1. The van der Waals surface area contributed by atoms with Crippen molar-refractivity contribution < 1.29 is 18.0 Å². The van der Waals surface area contributed by atoms with Gasteiger partial charge in [0, 0.05) is 27.5 Å². The quantitative estimate of drug-likeness (QED) is 0.597. The number of carbonyl (C=O) groups excluding carboxylic acids is 1. The number of anilines is 1. The Bertz CT molecular complexity index is 985. The first kappa shape index (κ1) is 18.9. The summed E-state index contributed by atoms with van der Waals surface area (Å²) in [5.41, 5.74) is 0.912.